The smallest absolute Gasteiger partial charge is 0.266 e. The summed E-state index contributed by atoms with van der Waals surface area (Å²) in [6.07, 6.45) is 13.1. The van der Waals surface area contributed by atoms with Gasteiger partial charge in [-0.15, -0.1) is 0 Å². The zero-order valence-corrected chi connectivity index (χ0v) is 19.1. The summed E-state index contributed by atoms with van der Waals surface area (Å²) in [5.41, 5.74) is 0. The normalized spacial score (nSPS) is 25.6. The zero-order chi connectivity index (χ0) is 21.2. The van der Waals surface area contributed by atoms with Crippen LogP contribution in [0.4, 0.5) is 5.95 Å². The largest absolute Gasteiger partial charge is 0.478 e. The van der Waals surface area contributed by atoms with Crippen LogP contribution in [0, 0.1) is 17.8 Å². The van der Waals surface area contributed by atoms with Crippen LogP contribution in [-0.2, 0) is 10.8 Å². The van der Waals surface area contributed by atoms with Crippen LogP contribution >= 0.6 is 0 Å². The predicted octanol–water partition coefficient (Wildman–Crippen LogP) is 4.18. The van der Waals surface area contributed by atoms with Crippen molar-refractivity contribution >= 4 is 16.7 Å². The maximum atomic E-state index is 11.4. The van der Waals surface area contributed by atoms with Crippen LogP contribution in [0.15, 0.2) is 27.7 Å². The molecule has 1 saturated heterocycles. The molecule has 2 aliphatic carbocycles. The van der Waals surface area contributed by atoms with Crippen molar-refractivity contribution in [1.82, 2.24) is 15.1 Å². The molecule has 3 atom stereocenters. The molecular formula is C23H32N4O3S. The van der Waals surface area contributed by atoms with E-state index in [-0.39, 0.29) is 0 Å². The van der Waals surface area contributed by atoms with E-state index in [4.69, 9.17) is 14.2 Å². The van der Waals surface area contributed by atoms with E-state index >= 15 is 0 Å². The molecule has 3 unspecified atom stereocenters. The number of hydrogen-bond acceptors (Lipinski definition) is 7. The van der Waals surface area contributed by atoms with Crippen molar-refractivity contribution in [3.8, 4) is 5.88 Å². The third-order valence-corrected chi connectivity index (χ3v) is 8.23. The number of rotatable bonds is 8. The Morgan fingerprint density at radius 1 is 1.19 bits per heavy atom. The van der Waals surface area contributed by atoms with Crippen LogP contribution in [0.3, 0.4) is 0 Å². The Labute approximate surface area is 186 Å². The molecule has 0 spiro atoms. The minimum Gasteiger partial charge on any atom is -0.478 e. The highest BCUT2D eigenvalue weighted by molar-refractivity contribution is 7.84. The molecule has 5 rings (SSSR count). The summed E-state index contributed by atoms with van der Waals surface area (Å²) < 4.78 is 22.8. The van der Waals surface area contributed by atoms with Crippen molar-refractivity contribution in [1.29, 1.82) is 0 Å². The van der Waals surface area contributed by atoms with E-state index in [1.165, 1.54) is 44.9 Å². The second kappa shape index (κ2) is 9.27. The second-order valence-electron chi connectivity index (χ2n) is 9.32. The van der Waals surface area contributed by atoms with Gasteiger partial charge in [-0.2, -0.15) is 4.98 Å². The molecule has 2 saturated carbocycles. The fourth-order valence-electron chi connectivity index (χ4n) is 5.34. The van der Waals surface area contributed by atoms with Crippen LogP contribution < -0.4 is 9.64 Å². The summed E-state index contributed by atoms with van der Waals surface area (Å²) in [7, 11) is -0.997. The molecule has 3 heterocycles. The number of ether oxygens (including phenoxy) is 1. The molecule has 0 radical (unpaired) electrons. The summed E-state index contributed by atoms with van der Waals surface area (Å²) in [6, 6.07) is 3.64. The summed E-state index contributed by atoms with van der Waals surface area (Å²) in [5.74, 6) is 5.17. The van der Waals surface area contributed by atoms with Crippen molar-refractivity contribution in [3.63, 3.8) is 0 Å². The van der Waals surface area contributed by atoms with Gasteiger partial charge in [-0.25, -0.2) is 4.98 Å². The van der Waals surface area contributed by atoms with Gasteiger partial charge in [0.1, 0.15) is 0 Å². The Hall–Kier alpha value is -1.96. The molecule has 168 valence electrons. The lowest BCUT2D eigenvalue weighted by Crippen LogP contribution is -2.35. The van der Waals surface area contributed by atoms with Gasteiger partial charge in [0.05, 0.1) is 22.3 Å². The average molecular weight is 445 g/mol. The highest BCUT2D eigenvalue weighted by atomic mass is 32.2. The second-order valence-corrected chi connectivity index (χ2v) is 10.7. The van der Waals surface area contributed by atoms with Gasteiger partial charge in [0, 0.05) is 37.5 Å². The Kier molecular flexibility index (Phi) is 6.25. The monoisotopic (exact) mass is 444 g/mol. The lowest BCUT2D eigenvalue weighted by Gasteiger charge is -2.31. The summed E-state index contributed by atoms with van der Waals surface area (Å²) >= 11 is 0. The van der Waals surface area contributed by atoms with E-state index < -0.39 is 10.8 Å². The average Bonchev–Trinajstić information content (AvgIpc) is 3.18. The van der Waals surface area contributed by atoms with E-state index in [0.717, 1.165) is 54.0 Å². The third-order valence-electron chi connectivity index (χ3n) is 7.32. The Morgan fingerprint density at radius 3 is 2.71 bits per heavy atom. The van der Waals surface area contributed by atoms with E-state index in [1.54, 1.807) is 12.5 Å². The van der Waals surface area contributed by atoms with Crippen molar-refractivity contribution in [2.75, 3.05) is 30.9 Å². The summed E-state index contributed by atoms with van der Waals surface area (Å²) in [6.45, 7) is 2.76. The molecular weight excluding hydrogens is 412 g/mol. The quantitative estimate of drug-likeness (QED) is 0.604. The number of hydrogen-bond donors (Lipinski definition) is 0. The van der Waals surface area contributed by atoms with E-state index in [9.17, 15) is 4.21 Å². The molecule has 3 fully saturated rings. The Morgan fingerprint density at radius 2 is 2.00 bits per heavy atom. The minimum atomic E-state index is -0.997. The molecule has 3 aliphatic rings. The van der Waals surface area contributed by atoms with Crippen molar-refractivity contribution in [2.45, 2.75) is 62.2 Å². The summed E-state index contributed by atoms with van der Waals surface area (Å²) in [4.78, 5) is 12.0. The van der Waals surface area contributed by atoms with Crippen molar-refractivity contribution < 1.29 is 13.5 Å². The van der Waals surface area contributed by atoms with E-state index in [2.05, 4.69) is 15.0 Å². The standard InChI is InChI=1S/C23H32N4O3S/c1-31(28)19-6-7-21(24-15-19)29-13-10-18-14-20(18)16-8-11-27(12-9-16)23-25-22(30-26-23)17-4-2-3-5-17/h6-7,15-18,20H,2-5,8-14H2,1H3. The molecule has 0 N–H and O–H groups in total. The number of aromatic nitrogens is 3. The first-order valence-corrected chi connectivity index (χ1v) is 13.2. The molecule has 8 heteroatoms. The topological polar surface area (TPSA) is 81.4 Å². The Bertz CT molecular complexity index is 888. The highest BCUT2D eigenvalue weighted by Crippen LogP contribution is 2.50. The maximum absolute atomic E-state index is 11.4. The van der Waals surface area contributed by atoms with Gasteiger partial charge in [-0.1, -0.05) is 12.8 Å². The molecule has 2 aromatic heterocycles. The molecule has 0 aromatic carbocycles. The van der Waals surface area contributed by atoms with Crippen LogP contribution in [0.25, 0.3) is 0 Å². The SMILES string of the molecule is CS(=O)c1ccc(OCCC2CC2C2CCN(c3noc(C4CCCC4)n3)CC2)nc1. The fourth-order valence-corrected chi connectivity index (χ4v) is 5.80. The number of nitrogens with zero attached hydrogens (tertiary/aromatic N) is 4. The van der Waals surface area contributed by atoms with Crippen LogP contribution in [0.5, 0.6) is 5.88 Å². The zero-order valence-electron chi connectivity index (χ0n) is 18.2. The number of piperidine rings is 1. The molecule has 0 bridgehead atoms. The highest BCUT2D eigenvalue weighted by Gasteiger charge is 2.43. The van der Waals surface area contributed by atoms with Crippen molar-refractivity contribution in [2.24, 2.45) is 17.8 Å². The van der Waals surface area contributed by atoms with Crippen LogP contribution in [0.1, 0.15) is 63.2 Å². The minimum absolute atomic E-state index is 0.483. The first-order chi connectivity index (χ1) is 15.2. The van der Waals surface area contributed by atoms with Crippen LogP contribution in [0.2, 0.25) is 0 Å². The first kappa shape index (κ1) is 20.9. The first-order valence-electron chi connectivity index (χ1n) is 11.7. The summed E-state index contributed by atoms with van der Waals surface area (Å²) in [5, 5.41) is 4.27. The molecule has 2 aromatic rings. The number of pyridine rings is 1. The molecule has 1 aliphatic heterocycles. The van der Waals surface area contributed by atoms with Gasteiger partial charge in [0.2, 0.25) is 11.8 Å². The van der Waals surface area contributed by atoms with Gasteiger partial charge in [-0.05, 0) is 67.5 Å². The van der Waals surface area contributed by atoms with Gasteiger partial charge >= 0.3 is 0 Å². The predicted molar refractivity (Wildman–Crippen MR) is 119 cm³/mol. The number of anilines is 1. The van der Waals surface area contributed by atoms with Crippen LogP contribution in [-0.4, -0.2) is 45.3 Å². The van der Waals surface area contributed by atoms with Gasteiger partial charge in [0.15, 0.2) is 0 Å². The fraction of sp³-hybridized carbons (Fsp3) is 0.696. The lowest BCUT2D eigenvalue weighted by molar-refractivity contribution is 0.275. The van der Waals surface area contributed by atoms with E-state index in [0.29, 0.717) is 18.4 Å². The van der Waals surface area contributed by atoms with Crippen molar-refractivity contribution in [3.05, 3.63) is 24.2 Å². The third kappa shape index (κ3) is 4.94. The molecule has 0 amide bonds. The molecule has 31 heavy (non-hydrogen) atoms. The van der Waals surface area contributed by atoms with Gasteiger partial charge < -0.3 is 14.2 Å². The molecule has 7 nitrogen and oxygen atoms in total. The Balaban J connectivity index is 1.03. The van der Waals surface area contributed by atoms with Gasteiger partial charge in [-0.3, -0.25) is 4.21 Å². The van der Waals surface area contributed by atoms with E-state index in [1.807, 2.05) is 12.1 Å². The lowest BCUT2D eigenvalue weighted by atomic mass is 9.90. The maximum Gasteiger partial charge on any atom is 0.266 e. The van der Waals surface area contributed by atoms with Gasteiger partial charge in [0.25, 0.3) is 5.95 Å².